The minimum atomic E-state index is -0.680. The van der Waals surface area contributed by atoms with Gasteiger partial charge in [0.05, 0.1) is 0 Å². The van der Waals surface area contributed by atoms with E-state index in [1.54, 1.807) is 47.4 Å². The van der Waals surface area contributed by atoms with Crippen molar-refractivity contribution in [2.75, 3.05) is 16.8 Å². The standard InChI is InChI=1S/C20H16N2O4/c23-18-6-3-11-22(18)15-9-7-14(8-10-15)21-19(24)16-12-13-4-1-2-5-17(13)26-20(16)25/h1-2,4-5,7-10,12H,3,6,11H2,(H,21,24). The molecule has 0 bridgehead atoms. The Balaban J connectivity index is 1.55. The molecule has 0 saturated carbocycles. The van der Waals surface area contributed by atoms with Gasteiger partial charge in [-0.05, 0) is 42.8 Å². The van der Waals surface area contributed by atoms with Gasteiger partial charge < -0.3 is 14.6 Å². The minimum Gasteiger partial charge on any atom is -0.422 e. The van der Waals surface area contributed by atoms with Crippen molar-refractivity contribution < 1.29 is 14.0 Å². The van der Waals surface area contributed by atoms with Gasteiger partial charge in [-0.1, -0.05) is 18.2 Å². The summed E-state index contributed by atoms with van der Waals surface area (Å²) in [6.45, 7) is 0.711. The van der Waals surface area contributed by atoms with E-state index < -0.39 is 11.5 Å². The summed E-state index contributed by atoms with van der Waals surface area (Å²) in [4.78, 5) is 38.0. The van der Waals surface area contributed by atoms with Crippen LogP contribution in [0, 0.1) is 0 Å². The van der Waals surface area contributed by atoms with E-state index >= 15 is 0 Å². The normalized spacial score (nSPS) is 14.0. The summed E-state index contributed by atoms with van der Waals surface area (Å²) in [5.41, 5.74) is 1.05. The van der Waals surface area contributed by atoms with E-state index in [2.05, 4.69) is 5.32 Å². The molecule has 0 aliphatic carbocycles. The predicted octanol–water partition coefficient (Wildman–Crippen LogP) is 3.17. The third-order valence-electron chi connectivity index (χ3n) is 4.40. The monoisotopic (exact) mass is 348 g/mol. The summed E-state index contributed by atoms with van der Waals surface area (Å²) < 4.78 is 5.19. The van der Waals surface area contributed by atoms with Gasteiger partial charge in [0.2, 0.25) is 5.91 Å². The van der Waals surface area contributed by atoms with Gasteiger partial charge in [0.1, 0.15) is 11.1 Å². The fraction of sp³-hybridized carbons (Fsp3) is 0.150. The molecule has 1 N–H and O–H groups in total. The molecule has 1 aromatic heterocycles. The average molecular weight is 348 g/mol. The van der Waals surface area contributed by atoms with Gasteiger partial charge >= 0.3 is 5.63 Å². The molecule has 6 nitrogen and oxygen atoms in total. The minimum absolute atomic E-state index is 0.0532. The van der Waals surface area contributed by atoms with Crippen LogP contribution in [0.4, 0.5) is 11.4 Å². The number of rotatable bonds is 3. The molecule has 1 saturated heterocycles. The Morgan fingerprint density at radius 1 is 1.04 bits per heavy atom. The van der Waals surface area contributed by atoms with Crippen molar-refractivity contribution in [2.45, 2.75) is 12.8 Å². The van der Waals surface area contributed by atoms with E-state index in [-0.39, 0.29) is 11.5 Å². The number of anilines is 2. The molecule has 0 spiro atoms. The second-order valence-electron chi connectivity index (χ2n) is 6.14. The van der Waals surface area contributed by atoms with Crippen LogP contribution < -0.4 is 15.8 Å². The molecule has 1 fully saturated rings. The molecule has 0 unspecified atom stereocenters. The van der Waals surface area contributed by atoms with Gasteiger partial charge in [-0.3, -0.25) is 9.59 Å². The number of para-hydroxylation sites is 1. The highest BCUT2D eigenvalue weighted by molar-refractivity contribution is 6.05. The van der Waals surface area contributed by atoms with Crippen molar-refractivity contribution in [2.24, 2.45) is 0 Å². The molecular formula is C20H16N2O4. The molecule has 1 aliphatic rings. The van der Waals surface area contributed by atoms with Gasteiger partial charge in [-0.25, -0.2) is 4.79 Å². The van der Waals surface area contributed by atoms with Crippen LogP contribution in [0.1, 0.15) is 23.2 Å². The molecule has 1 aliphatic heterocycles. The van der Waals surface area contributed by atoms with Gasteiger partial charge in [0, 0.05) is 29.7 Å². The Hall–Kier alpha value is -3.41. The van der Waals surface area contributed by atoms with Crippen LogP contribution in [0.2, 0.25) is 0 Å². The van der Waals surface area contributed by atoms with E-state index in [0.717, 1.165) is 12.1 Å². The van der Waals surface area contributed by atoms with Crippen molar-refractivity contribution >= 4 is 34.2 Å². The van der Waals surface area contributed by atoms with Crippen LogP contribution in [-0.4, -0.2) is 18.4 Å². The van der Waals surface area contributed by atoms with Gasteiger partial charge in [0.15, 0.2) is 0 Å². The lowest BCUT2D eigenvalue weighted by Crippen LogP contribution is -2.23. The number of hydrogen-bond donors (Lipinski definition) is 1. The first kappa shape index (κ1) is 16.1. The summed E-state index contributed by atoms with van der Waals surface area (Å²) in [5, 5.41) is 3.37. The van der Waals surface area contributed by atoms with E-state index in [4.69, 9.17) is 4.42 Å². The topological polar surface area (TPSA) is 79.6 Å². The lowest BCUT2D eigenvalue weighted by atomic mass is 10.1. The SMILES string of the molecule is O=C(Nc1ccc(N2CCCC2=O)cc1)c1cc2ccccc2oc1=O. The maximum atomic E-state index is 12.4. The Morgan fingerprint density at radius 2 is 1.81 bits per heavy atom. The van der Waals surface area contributed by atoms with Crippen molar-refractivity contribution in [3.05, 3.63) is 70.6 Å². The zero-order valence-electron chi connectivity index (χ0n) is 13.9. The van der Waals surface area contributed by atoms with Crippen LogP contribution in [0.5, 0.6) is 0 Å². The fourth-order valence-corrected chi connectivity index (χ4v) is 3.06. The summed E-state index contributed by atoms with van der Waals surface area (Å²) in [6, 6.07) is 15.5. The molecule has 26 heavy (non-hydrogen) atoms. The van der Waals surface area contributed by atoms with Crippen LogP contribution in [0.3, 0.4) is 0 Å². The highest BCUT2D eigenvalue weighted by atomic mass is 16.4. The molecular weight excluding hydrogens is 332 g/mol. The third-order valence-corrected chi connectivity index (χ3v) is 4.40. The average Bonchev–Trinajstić information content (AvgIpc) is 3.07. The summed E-state index contributed by atoms with van der Waals surface area (Å²) >= 11 is 0. The number of nitrogens with zero attached hydrogens (tertiary/aromatic N) is 1. The number of carbonyl (C=O) groups excluding carboxylic acids is 2. The van der Waals surface area contributed by atoms with Crippen LogP contribution >= 0.6 is 0 Å². The highest BCUT2D eigenvalue weighted by Crippen LogP contribution is 2.23. The zero-order valence-corrected chi connectivity index (χ0v) is 13.9. The Bertz CT molecular complexity index is 1050. The van der Waals surface area contributed by atoms with Crippen molar-refractivity contribution in [3.8, 4) is 0 Å². The number of carbonyl (C=O) groups is 2. The lowest BCUT2D eigenvalue weighted by molar-refractivity contribution is -0.117. The summed E-state index contributed by atoms with van der Waals surface area (Å²) in [5.74, 6) is -0.426. The fourth-order valence-electron chi connectivity index (χ4n) is 3.06. The Morgan fingerprint density at radius 3 is 2.54 bits per heavy atom. The number of nitrogens with one attached hydrogen (secondary N) is 1. The third kappa shape index (κ3) is 2.97. The molecule has 2 heterocycles. The quantitative estimate of drug-likeness (QED) is 0.737. The maximum Gasteiger partial charge on any atom is 0.349 e. The summed E-state index contributed by atoms with van der Waals surface area (Å²) in [7, 11) is 0. The molecule has 0 atom stereocenters. The molecule has 130 valence electrons. The first-order valence-electron chi connectivity index (χ1n) is 8.36. The van der Waals surface area contributed by atoms with Gasteiger partial charge in [-0.2, -0.15) is 0 Å². The van der Waals surface area contributed by atoms with E-state index in [1.165, 1.54) is 6.07 Å². The molecule has 3 aromatic rings. The second-order valence-corrected chi connectivity index (χ2v) is 6.14. The van der Waals surface area contributed by atoms with Crippen LogP contribution in [0.15, 0.2) is 63.8 Å². The molecule has 2 amide bonds. The molecule has 2 aromatic carbocycles. The van der Waals surface area contributed by atoms with Crippen molar-refractivity contribution in [1.82, 2.24) is 0 Å². The summed E-state index contributed by atoms with van der Waals surface area (Å²) in [6.07, 6.45) is 1.42. The number of amides is 2. The predicted molar refractivity (Wildman–Crippen MR) is 98.5 cm³/mol. The van der Waals surface area contributed by atoms with Crippen LogP contribution in [-0.2, 0) is 4.79 Å². The molecule has 4 rings (SSSR count). The highest BCUT2D eigenvalue weighted by Gasteiger charge is 2.21. The Kier molecular flexibility index (Phi) is 4.01. The zero-order chi connectivity index (χ0) is 18.1. The largest absolute Gasteiger partial charge is 0.422 e. The maximum absolute atomic E-state index is 12.4. The molecule has 0 radical (unpaired) electrons. The number of hydrogen-bond acceptors (Lipinski definition) is 4. The lowest BCUT2D eigenvalue weighted by Gasteiger charge is -2.16. The number of fused-ring (bicyclic) bond motifs is 1. The van der Waals surface area contributed by atoms with Crippen LogP contribution in [0.25, 0.3) is 11.0 Å². The number of benzene rings is 2. The first-order chi connectivity index (χ1) is 12.6. The van der Waals surface area contributed by atoms with Crippen molar-refractivity contribution in [1.29, 1.82) is 0 Å². The second kappa shape index (κ2) is 6.48. The molecule has 6 heteroatoms. The van der Waals surface area contributed by atoms with E-state index in [0.29, 0.717) is 29.6 Å². The van der Waals surface area contributed by atoms with E-state index in [9.17, 15) is 14.4 Å². The first-order valence-corrected chi connectivity index (χ1v) is 8.36. The van der Waals surface area contributed by atoms with Gasteiger partial charge in [0.25, 0.3) is 5.91 Å². The van der Waals surface area contributed by atoms with Gasteiger partial charge in [-0.15, -0.1) is 0 Å². The van der Waals surface area contributed by atoms with E-state index in [1.807, 2.05) is 6.07 Å². The van der Waals surface area contributed by atoms with Crippen molar-refractivity contribution in [3.63, 3.8) is 0 Å². The Labute approximate surface area is 149 Å². The smallest absolute Gasteiger partial charge is 0.349 e.